The first-order valence-corrected chi connectivity index (χ1v) is 9.36. The van der Waals surface area contributed by atoms with Gasteiger partial charge in [-0.2, -0.15) is 0 Å². The van der Waals surface area contributed by atoms with Crippen LogP contribution in [-0.4, -0.2) is 67.0 Å². The number of esters is 1. The van der Waals surface area contributed by atoms with Crippen molar-refractivity contribution in [3.05, 3.63) is 36.0 Å². The molecule has 1 aromatic heterocycles. The SMILES string of the molecule is COC(=O)[C@@H](Cc1c[nH]c2ccccc12)NC(=O)CN(C)CC(=O)NC1CC1. The summed E-state index contributed by atoms with van der Waals surface area (Å²) < 4.78 is 4.85. The molecule has 8 nitrogen and oxygen atoms in total. The second kappa shape index (κ2) is 8.88. The fourth-order valence-electron chi connectivity index (χ4n) is 3.14. The predicted molar refractivity (Wildman–Crippen MR) is 105 cm³/mol. The van der Waals surface area contributed by atoms with E-state index in [1.165, 1.54) is 7.11 Å². The Morgan fingerprint density at radius 1 is 1.21 bits per heavy atom. The quantitative estimate of drug-likeness (QED) is 0.547. The van der Waals surface area contributed by atoms with Gasteiger partial charge in [0.05, 0.1) is 20.2 Å². The van der Waals surface area contributed by atoms with Crippen LogP contribution in [0.3, 0.4) is 0 Å². The van der Waals surface area contributed by atoms with Gasteiger partial charge in [-0.1, -0.05) is 18.2 Å². The molecule has 150 valence electrons. The third kappa shape index (κ3) is 5.32. The maximum absolute atomic E-state index is 12.4. The van der Waals surface area contributed by atoms with E-state index in [2.05, 4.69) is 15.6 Å². The number of aromatic amines is 1. The molecule has 3 rings (SSSR count). The van der Waals surface area contributed by atoms with Crippen molar-refractivity contribution in [1.29, 1.82) is 0 Å². The molecule has 0 saturated heterocycles. The summed E-state index contributed by atoms with van der Waals surface area (Å²) in [5.74, 6) is -0.939. The number of likely N-dealkylation sites (N-methyl/N-ethyl adjacent to an activating group) is 1. The van der Waals surface area contributed by atoms with Gasteiger partial charge in [-0.25, -0.2) is 4.79 Å². The van der Waals surface area contributed by atoms with Crippen molar-refractivity contribution in [1.82, 2.24) is 20.5 Å². The zero-order valence-electron chi connectivity index (χ0n) is 16.2. The first-order chi connectivity index (χ1) is 13.5. The molecule has 1 aromatic carbocycles. The number of aromatic nitrogens is 1. The number of amides is 2. The average Bonchev–Trinajstić information content (AvgIpc) is 3.38. The number of rotatable bonds is 9. The molecule has 8 heteroatoms. The standard InChI is InChI=1S/C20H26N4O4/c1-24(11-18(25)22-14-7-8-14)12-19(26)23-17(20(27)28-2)9-13-10-21-16-6-4-3-5-15(13)16/h3-6,10,14,17,21H,7-9,11-12H2,1-2H3,(H,22,25)(H,23,26)/t17-/m1/s1. The zero-order chi connectivity index (χ0) is 20.1. The maximum atomic E-state index is 12.4. The molecule has 2 amide bonds. The van der Waals surface area contributed by atoms with Gasteiger partial charge in [-0.15, -0.1) is 0 Å². The van der Waals surface area contributed by atoms with Crippen molar-refractivity contribution >= 4 is 28.7 Å². The van der Waals surface area contributed by atoms with E-state index in [9.17, 15) is 14.4 Å². The molecule has 1 atom stereocenters. The Hall–Kier alpha value is -2.87. The number of methoxy groups -OCH3 is 1. The van der Waals surface area contributed by atoms with Gasteiger partial charge < -0.3 is 20.4 Å². The molecule has 0 unspecified atom stereocenters. The fraction of sp³-hybridized carbons (Fsp3) is 0.450. The van der Waals surface area contributed by atoms with E-state index < -0.39 is 12.0 Å². The summed E-state index contributed by atoms with van der Waals surface area (Å²) in [4.78, 5) is 41.2. The van der Waals surface area contributed by atoms with Crippen molar-refractivity contribution in [3.8, 4) is 0 Å². The Kier molecular flexibility index (Phi) is 6.30. The van der Waals surface area contributed by atoms with Crippen LogP contribution in [0.2, 0.25) is 0 Å². The molecule has 0 bridgehead atoms. The van der Waals surface area contributed by atoms with Gasteiger partial charge in [0.25, 0.3) is 0 Å². The van der Waals surface area contributed by atoms with Crippen molar-refractivity contribution in [3.63, 3.8) is 0 Å². The van der Waals surface area contributed by atoms with Gasteiger partial charge in [0.15, 0.2) is 0 Å². The molecule has 1 aliphatic rings. The lowest BCUT2D eigenvalue weighted by Gasteiger charge is -2.19. The minimum Gasteiger partial charge on any atom is -0.467 e. The molecular weight excluding hydrogens is 360 g/mol. The molecule has 28 heavy (non-hydrogen) atoms. The van der Waals surface area contributed by atoms with Gasteiger partial charge in [0.2, 0.25) is 11.8 Å². The lowest BCUT2D eigenvalue weighted by Crippen LogP contribution is -2.47. The first kappa shape index (κ1) is 19.9. The minimum atomic E-state index is -0.801. The Bertz CT molecular complexity index is 859. The molecule has 0 spiro atoms. The van der Waals surface area contributed by atoms with Crippen molar-refractivity contribution < 1.29 is 19.1 Å². The molecule has 1 saturated carbocycles. The van der Waals surface area contributed by atoms with Gasteiger partial charge in [0.1, 0.15) is 6.04 Å². The minimum absolute atomic E-state index is 0.0134. The van der Waals surface area contributed by atoms with E-state index in [1.54, 1.807) is 11.9 Å². The van der Waals surface area contributed by atoms with E-state index in [-0.39, 0.29) is 30.9 Å². The van der Waals surface area contributed by atoms with Crippen LogP contribution in [0.1, 0.15) is 18.4 Å². The zero-order valence-corrected chi connectivity index (χ0v) is 16.2. The summed E-state index contributed by atoms with van der Waals surface area (Å²) in [5, 5.41) is 6.61. The highest BCUT2D eigenvalue weighted by molar-refractivity contribution is 5.88. The van der Waals surface area contributed by atoms with Crippen LogP contribution >= 0.6 is 0 Å². The van der Waals surface area contributed by atoms with Crippen LogP contribution in [0.4, 0.5) is 0 Å². The molecule has 1 fully saturated rings. The molecule has 0 radical (unpaired) electrons. The summed E-state index contributed by atoms with van der Waals surface area (Å²) in [6, 6.07) is 7.25. The first-order valence-electron chi connectivity index (χ1n) is 9.36. The Morgan fingerprint density at radius 3 is 2.64 bits per heavy atom. The number of H-pyrrole nitrogens is 1. The highest BCUT2D eigenvalue weighted by Crippen LogP contribution is 2.19. The van der Waals surface area contributed by atoms with Gasteiger partial charge in [-0.05, 0) is 31.5 Å². The third-order valence-corrected chi connectivity index (χ3v) is 4.69. The summed E-state index contributed by atoms with van der Waals surface area (Å²) in [7, 11) is 2.99. The van der Waals surface area contributed by atoms with Crippen LogP contribution in [0.5, 0.6) is 0 Å². The monoisotopic (exact) mass is 386 g/mol. The number of benzene rings is 1. The summed E-state index contributed by atoms with van der Waals surface area (Å²) in [5.41, 5.74) is 1.89. The summed E-state index contributed by atoms with van der Waals surface area (Å²) in [6.45, 7) is 0.148. The normalized spacial score (nSPS) is 14.7. The van der Waals surface area contributed by atoms with E-state index in [0.717, 1.165) is 29.3 Å². The third-order valence-electron chi connectivity index (χ3n) is 4.69. The number of carbonyl (C=O) groups excluding carboxylic acids is 3. The highest BCUT2D eigenvalue weighted by Gasteiger charge is 2.25. The number of hydrogen-bond donors (Lipinski definition) is 3. The number of hydrogen-bond acceptors (Lipinski definition) is 5. The fourth-order valence-corrected chi connectivity index (χ4v) is 3.14. The Balaban J connectivity index is 1.57. The highest BCUT2D eigenvalue weighted by atomic mass is 16.5. The molecule has 3 N–H and O–H groups in total. The number of carbonyl (C=O) groups is 3. The lowest BCUT2D eigenvalue weighted by atomic mass is 10.0. The second-order valence-electron chi connectivity index (χ2n) is 7.22. The number of para-hydroxylation sites is 1. The maximum Gasteiger partial charge on any atom is 0.328 e. The Labute approximate surface area is 163 Å². The number of nitrogens with zero attached hydrogens (tertiary/aromatic N) is 1. The molecule has 0 aliphatic heterocycles. The van der Waals surface area contributed by atoms with Gasteiger partial charge in [0, 0.05) is 29.6 Å². The molecular formula is C20H26N4O4. The van der Waals surface area contributed by atoms with E-state index in [4.69, 9.17) is 4.74 Å². The average molecular weight is 386 g/mol. The van der Waals surface area contributed by atoms with E-state index in [0.29, 0.717) is 6.42 Å². The van der Waals surface area contributed by atoms with Crippen molar-refractivity contribution in [2.24, 2.45) is 0 Å². The number of nitrogens with one attached hydrogen (secondary N) is 3. The molecule has 2 aromatic rings. The molecule has 1 heterocycles. The van der Waals surface area contributed by atoms with Crippen LogP contribution < -0.4 is 10.6 Å². The lowest BCUT2D eigenvalue weighted by molar-refractivity contribution is -0.145. The van der Waals surface area contributed by atoms with Crippen LogP contribution in [0.25, 0.3) is 10.9 Å². The van der Waals surface area contributed by atoms with Crippen LogP contribution in [-0.2, 0) is 25.5 Å². The van der Waals surface area contributed by atoms with Crippen LogP contribution in [0.15, 0.2) is 30.5 Å². The number of fused-ring (bicyclic) bond motifs is 1. The topological polar surface area (TPSA) is 104 Å². The van der Waals surface area contributed by atoms with Gasteiger partial charge >= 0.3 is 5.97 Å². The smallest absolute Gasteiger partial charge is 0.328 e. The van der Waals surface area contributed by atoms with E-state index >= 15 is 0 Å². The summed E-state index contributed by atoms with van der Waals surface area (Å²) in [6.07, 6.45) is 4.19. The largest absolute Gasteiger partial charge is 0.467 e. The van der Waals surface area contributed by atoms with Crippen LogP contribution in [0, 0.1) is 0 Å². The Morgan fingerprint density at radius 2 is 1.93 bits per heavy atom. The number of ether oxygens (including phenoxy) is 1. The predicted octanol–water partition coefficient (Wildman–Crippen LogP) is 0.579. The van der Waals surface area contributed by atoms with Gasteiger partial charge in [-0.3, -0.25) is 14.5 Å². The summed E-state index contributed by atoms with van der Waals surface area (Å²) >= 11 is 0. The molecule has 1 aliphatic carbocycles. The van der Waals surface area contributed by atoms with Crippen molar-refractivity contribution in [2.45, 2.75) is 31.3 Å². The van der Waals surface area contributed by atoms with Crippen molar-refractivity contribution in [2.75, 3.05) is 27.2 Å². The van der Waals surface area contributed by atoms with E-state index in [1.807, 2.05) is 30.5 Å². The second-order valence-corrected chi connectivity index (χ2v) is 7.22.